The van der Waals surface area contributed by atoms with Gasteiger partial charge in [0.15, 0.2) is 5.11 Å². The van der Waals surface area contributed by atoms with Crippen LogP contribution in [-0.4, -0.2) is 40.4 Å². The van der Waals surface area contributed by atoms with Crippen molar-refractivity contribution in [3.63, 3.8) is 0 Å². The zero-order valence-electron chi connectivity index (χ0n) is 16.5. The van der Waals surface area contributed by atoms with Gasteiger partial charge in [-0.15, -0.1) is 0 Å². The third-order valence-corrected chi connectivity index (χ3v) is 5.87. The van der Waals surface area contributed by atoms with Gasteiger partial charge in [0.05, 0.1) is 6.04 Å². The van der Waals surface area contributed by atoms with Crippen molar-refractivity contribution in [3.8, 4) is 0 Å². The highest BCUT2D eigenvalue weighted by atomic mass is 127. The maximum Gasteiger partial charge on any atom is 0.243 e. The van der Waals surface area contributed by atoms with E-state index in [-0.39, 0.29) is 17.8 Å². The van der Waals surface area contributed by atoms with Gasteiger partial charge in [-0.3, -0.25) is 10.2 Å². The highest BCUT2D eigenvalue weighted by molar-refractivity contribution is 14.1. The van der Waals surface area contributed by atoms with Crippen molar-refractivity contribution in [3.05, 3.63) is 73.7 Å². The Balaban J connectivity index is 1.68. The first-order valence-corrected chi connectivity index (χ1v) is 10.9. The Kier molecular flexibility index (Phi) is 7.66. The molecule has 1 aliphatic heterocycles. The number of azide groups is 1. The molecule has 2 aromatic rings. The van der Waals surface area contributed by atoms with E-state index in [1.54, 1.807) is 17.0 Å². The standard InChI is InChI=1S/C20H21IN8OS/c21-14-2-1-3-15(8-14)26-20(31)29-11-16(27-28-24)9-17(29)19(30)25-10-12-4-6-13(7-5-12)18(22)23/h1-8,16-17H,9-11H2,(H3,22,23)(H,25,30)(H,26,31). The molecule has 2 atom stereocenters. The molecule has 1 heterocycles. The lowest BCUT2D eigenvalue weighted by Crippen LogP contribution is -2.47. The van der Waals surface area contributed by atoms with E-state index in [2.05, 4.69) is 43.3 Å². The quantitative estimate of drug-likeness (QED) is 0.0833. The highest BCUT2D eigenvalue weighted by Crippen LogP contribution is 2.23. The first kappa shape index (κ1) is 22.8. The summed E-state index contributed by atoms with van der Waals surface area (Å²) in [4.78, 5) is 17.6. The molecule has 160 valence electrons. The van der Waals surface area contributed by atoms with E-state index in [0.717, 1.165) is 14.8 Å². The summed E-state index contributed by atoms with van der Waals surface area (Å²) in [5.74, 6) is -0.200. The van der Waals surface area contributed by atoms with E-state index in [1.807, 2.05) is 36.4 Å². The molecule has 2 unspecified atom stereocenters. The van der Waals surface area contributed by atoms with E-state index < -0.39 is 6.04 Å². The van der Waals surface area contributed by atoms with Gasteiger partial charge in [0.1, 0.15) is 11.9 Å². The molecular formula is C20H21IN8OS. The van der Waals surface area contributed by atoms with Gasteiger partial charge in [0, 0.05) is 32.8 Å². The van der Waals surface area contributed by atoms with Gasteiger partial charge in [-0.1, -0.05) is 35.4 Å². The van der Waals surface area contributed by atoms with Crippen LogP contribution in [0, 0.1) is 8.98 Å². The number of rotatable bonds is 6. The van der Waals surface area contributed by atoms with Crippen LogP contribution < -0.4 is 16.4 Å². The van der Waals surface area contributed by atoms with E-state index in [9.17, 15) is 4.79 Å². The largest absolute Gasteiger partial charge is 0.384 e. The second-order valence-corrected chi connectivity index (χ2v) is 8.66. The van der Waals surface area contributed by atoms with Crippen LogP contribution in [0.4, 0.5) is 5.69 Å². The molecule has 1 aliphatic rings. The average Bonchev–Trinajstić information content (AvgIpc) is 3.17. The van der Waals surface area contributed by atoms with Crippen LogP contribution in [-0.2, 0) is 11.3 Å². The Bertz CT molecular complexity index is 1040. The van der Waals surface area contributed by atoms with Gasteiger partial charge in [-0.2, -0.15) is 0 Å². The minimum Gasteiger partial charge on any atom is -0.384 e. The number of hydrogen-bond donors (Lipinski definition) is 4. The SMILES string of the molecule is [N-]=[N+]=NC1CC(C(=O)NCc2ccc(C(=N)N)cc2)N(C(=S)Nc2cccc(I)c2)C1. The maximum absolute atomic E-state index is 12.9. The van der Waals surface area contributed by atoms with Gasteiger partial charge in [0.25, 0.3) is 0 Å². The molecule has 0 bridgehead atoms. The first-order valence-electron chi connectivity index (χ1n) is 9.46. The molecule has 1 amide bonds. The molecular weight excluding hydrogens is 527 g/mol. The van der Waals surface area contributed by atoms with E-state index in [0.29, 0.717) is 30.2 Å². The molecule has 1 saturated heterocycles. The number of halogens is 1. The summed E-state index contributed by atoms with van der Waals surface area (Å²) in [7, 11) is 0. The molecule has 0 saturated carbocycles. The second kappa shape index (κ2) is 10.4. The summed E-state index contributed by atoms with van der Waals surface area (Å²) >= 11 is 7.77. The summed E-state index contributed by atoms with van der Waals surface area (Å²) in [6.45, 7) is 0.690. The molecule has 0 aromatic heterocycles. The molecule has 0 aliphatic carbocycles. The van der Waals surface area contributed by atoms with Gasteiger partial charge >= 0.3 is 0 Å². The van der Waals surface area contributed by atoms with Crippen molar-refractivity contribution >= 4 is 57.4 Å². The number of likely N-dealkylation sites (tertiary alicyclic amines) is 1. The summed E-state index contributed by atoms with van der Waals surface area (Å²) in [6.07, 6.45) is 0.382. The zero-order valence-corrected chi connectivity index (χ0v) is 19.4. The fourth-order valence-corrected chi connectivity index (χ4v) is 4.18. The fraction of sp³-hybridized carbons (Fsp3) is 0.250. The van der Waals surface area contributed by atoms with Crippen molar-refractivity contribution in [1.82, 2.24) is 10.2 Å². The number of carbonyl (C=O) groups is 1. The van der Waals surface area contributed by atoms with Crippen LogP contribution >= 0.6 is 34.8 Å². The summed E-state index contributed by atoms with van der Waals surface area (Å²) in [6, 6.07) is 14.0. The van der Waals surface area contributed by atoms with Crippen molar-refractivity contribution in [2.24, 2.45) is 10.8 Å². The number of amides is 1. The number of anilines is 1. The number of amidine groups is 1. The molecule has 9 nitrogen and oxygen atoms in total. The Morgan fingerprint density at radius 3 is 2.74 bits per heavy atom. The van der Waals surface area contributed by atoms with Crippen molar-refractivity contribution in [1.29, 1.82) is 5.41 Å². The Labute approximate surface area is 198 Å². The van der Waals surface area contributed by atoms with Gasteiger partial charge in [-0.25, -0.2) is 0 Å². The van der Waals surface area contributed by atoms with E-state index >= 15 is 0 Å². The second-order valence-electron chi connectivity index (χ2n) is 7.03. The van der Waals surface area contributed by atoms with Crippen LogP contribution in [0.15, 0.2) is 53.6 Å². The van der Waals surface area contributed by atoms with Crippen LogP contribution in [0.1, 0.15) is 17.5 Å². The van der Waals surface area contributed by atoms with Crippen molar-refractivity contribution < 1.29 is 4.79 Å². The van der Waals surface area contributed by atoms with Crippen LogP contribution in [0.2, 0.25) is 0 Å². The normalized spacial score (nSPS) is 17.5. The molecule has 2 aromatic carbocycles. The topological polar surface area (TPSA) is 143 Å². The maximum atomic E-state index is 12.9. The third-order valence-electron chi connectivity index (χ3n) is 4.87. The van der Waals surface area contributed by atoms with Crippen molar-refractivity contribution in [2.75, 3.05) is 11.9 Å². The molecule has 0 spiro atoms. The van der Waals surface area contributed by atoms with Crippen LogP contribution in [0.5, 0.6) is 0 Å². The molecule has 5 N–H and O–H groups in total. The van der Waals surface area contributed by atoms with Crippen LogP contribution in [0.25, 0.3) is 10.4 Å². The lowest BCUT2D eigenvalue weighted by Gasteiger charge is -2.27. The lowest BCUT2D eigenvalue weighted by atomic mass is 10.1. The number of nitrogen functional groups attached to an aromatic ring is 1. The fourth-order valence-electron chi connectivity index (χ4n) is 3.31. The van der Waals surface area contributed by atoms with Gasteiger partial charge in [0.2, 0.25) is 5.91 Å². The Morgan fingerprint density at radius 2 is 2.10 bits per heavy atom. The number of carbonyl (C=O) groups excluding carboxylic acids is 1. The Morgan fingerprint density at radius 1 is 1.35 bits per heavy atom. The smallest absolute Gasteiger partial charge is 0.243 e. The van der Waals surface area contributed by atoms with E-state index in [4.69, 9.17) is 28.9 Å². The molecule has 11 heteroatoms. The van der Waals surface area contributed by atoms with E-state index in [1.165, 1.54) is 0 Å². The number of nitrogens with one attached hydrogen (secondary N) is 3. The van der Waals surface area contributed by atoms with Crippen molar-refractivity contribution in [2.45, 2.75) is 25.0 Å². The number of nitrogens with two attached hydrogens (primary N) is 1. The predicted octanol–water partition coefficient (Wildman–Crippen LogP) is 3.34. The minimum absolute atomic E-state index is 0.00427. The minimum atomic E-state index is -0.547. The number of thiocarbonyl (C=S) groups is 1. The van der Waals surface area contributed by atoms with Gasteiger partial charge in [-0.05, 0) is 70.5 Å². The summed E-state index contributed by atoms with van der Waals surface area (Å²) < 4.78 is 1.06. The summed E-state index contributed by atoms with van der Waals surface area (Å²) in [5.41, 5.74) is 16.6. The number of hydrogen-bond acceptors (Lipinski definition) is 4. The van der Waals surface area contributed by atoms with Crippen LogP contribution in [0.3, 0.4) is 0 Å². The first-order chi connectivity index (χ1) is 14.9. The Hall–Kier alpha value is -2.89. The lowest BCUT2D eigenvalue weighted by molar-refractivity contribution is -0.124. The molecule has 0 radical (unpaired) electrons. The predicted molar refractivity (Wildman–Crippen MR) is 133 cm³/mol. The molecule has 31 heavy (non-hydrogen) atoms. The number of benzene rings is 2. The monoisotopic (exact) mass is 548 g/mol. The average molecular weight is 548 g/mol. The summed E-state index contributed by atoms with van der Waals surface area (Å²) in [5, 5.41) is 17.7. The van der Waals surface area contributed by atoms with Gasteiger partial charge < -0.3 is 21.3 Å². The third kappa shape index (κ3) is 6.06. The zero-order chi connectivity index (χ0) is 22.4. The molecule has 1 fully saturated rings. The molecule has 3 rings (SSSR count). The number of nitrogens with zero attached hydrogens (tertiary/aromatic N) is 4. The highest BCUT2D eigenvalue weighted by Gasteiger charge is 2.37.